The molecule has 1 aromatic carbocycles. The first kappa shape index (κ1) is 12.3. The predicted octanol–water partition coefficient (Wildman–Crippen LogP) is 2.12. The van der Waals surface area contributed by atoms with E-state index in [4.69, 9.17) is 15.2 Å². The molecule has 1 rings (SSSR count). The Bertz CT molecular complexity index is 318. The number of anilines is 1. The van der Waals surface area contributed by atoms with Gasteiger partial charge in [-0.1, -0.05) is 0 Å². The number of thioether (sulfide) groups is 1. The second-order valence-corrected chi connectivity index (χ2v) is 3.99. The molecule has 15 heavy (non-hydrogen) atoms. The van der Waals surface area contributed by atoms with Crippen molar-refractivity contribution in [2.24, 2.45) is 0 Å². The maximum atomic E-state index is 13.1. The van der Waals surface area contributed by atoms with Gasteiger partial charge in [-0.25, -0.2) is 4.39 Å². The molecule has 0 saturated heterocycles. The van der Waals surface area contributed by atoms with Crippen molar-refractivity contribution in [2.75, 3.05) is 25.7 Å². The average Bonchev–Trinajstić information content (AvgIpc) is 2.24. The summed E-state index contributed by atoms with van der Waals surface area (Å²) in [6.45, 7) is 0. The molecule has 0 aliphatic heterocycles. The number of rotatable bonds is 5. The molecular formula is C10H14FNO2S. The highest BCUT2D eigenvalue weighted by Gasteiger charge is 2.07. The van der Waals surface area contributed by atoms with E-state index in [1.807, 2.05) is 0 Å². The zero-order valence-corrected chi connectivity index (χ0v) is 9.51. The topological polar surface area (TPSA) is 44.5 Å². The smallest absolute Gasteiger partial charge is 0.166 e. The third-order valence-corrected chi connectivity index (χ3v) is 2.91. The van der Waals surface area contributed by atoms with Crippen LogP contribution >= 0.6 is 11.8 Å². The Hall–Kier alpha value is -0.780. The summed E-state index contributed by atoms with van der Waals surface area (Å²) in [5.41, 5.74) is 5.52. The van der Waals surface area contributed by atoms with E-state index in [1.54, 1.807) is 26.4 Å². The SMILES string of the molecule is COC(CSc1ccc(N)c(F)c1)OC. The number of nitrogens with two attached hydrogens (primary N) is 1. The summed E-state index contributed by atoms with van der Waals surface area (Å²) < 4.78 is 23.1. The lowest BCUT2D eigenvalue weighted by molar-refractivity contribution is -0.0842. The molecule has 5 heteroatoms. The number of hydrogen-bond donors (Lipinski definition) is 1. The highest BCUT2D eigenvalue weighted by Crippen LogP contribution is 2.23. The predicted molar refractivity (Wildman–Crippen MR) is 59.3 cm³/mol. The average molecular weight is 231 g/mol. The minimum absolute atomic E-state index is 0.161. The van der Waals surface area contributed by atoms with E-state index >= 15 is 0 Å². The van der Waals surface area contributed by atoms with E-state index < -0.39 is 5.82 Å². The molecule has 0 unspecified atom stereocenters. The van der Waals surface area contributed by atoms with Gasteiger partial charge in [0.25, 0.3) is 0 Å². The van der Waals surface area contributed by atoms with Crippen molar-refractivity contribution in [1.29, 1.82) is 0 Å². The van der Waals surface area contributed by atoms with Crippen LogP contribution in [0.25, 0.3) is 0 Å². The fourth-order valence-corrected chi connectivity index (χ4v) is 1.95. The van der Waals surface area contributed by atoms with Gasteiger partial charge in [-0.3, -0.25) is 0 Å². The van der Waals surface area contributed by atoms with Gasteiger partial charge in [0.05, 0.1) is 5.69 Å². The molecule has 2 N–H and O–H groups in total. The second kappa shape index (κ2) is 5.95. The summed E-state index contributed by atoms with van der Waals surface area (Å²) in [6.07, 6.45) is -0.282. The number of halogens is 1. The lowest BCUT2D eigenvalue weighted by Gasteiger charge is -2.12. The monoisotopic (exact) mass is 231 g/mol. The summed E-state index contributed by atoms with van der Waals surface area (Å²) in [5.74, 6) is 0.211. The van der Waals surface area contributed by atoms with Crippen molar-refractivity contribution in [3.05, 3.63) is 24.0 Å². The number of benzene rings is 1. The maximum Gasteiger partial charge on any atom is 0.166 e. The van der Waals surface area contributed by atoms with Gasteiger partial charge in [0.1, 0.15) is 5.82 Å². The van der Waals surface area contributed by atoms with E-state index in [1.165, 1.54) is 17.8 Å². The largest absolute Gasteiger partial charge is 0.396 e. The van der Waals surface area contributed by atoms with Crippen LogP contribution in [-0.2, 0) is 9.47 Å². The molecule has 0 saturated carbocycles. The van der Waals surface area contributed by atoms with Crippen molar-refractivity contribution in [3.8, 4) is 0 Å². The standard InChI is InChI=1S/C10H14FNO2S/c1-13-10(14-2)6-15-7-3-4-9(12)8(11)5-7/h3-5,10H,6,12H2,1-2H3. The van der Waals surface area contributed by atoms with E-state index in [0.717, 1.165) is 4.90 Å². The summed E-state index contributed by atoms with van der Waals surface area (Å²) >= 11 is 1.45. The highest BCUT2D eigenvalue weighted by molar-refractivity contribution is 7.99. The van der Waals surface area contributed by atoms with Crippen LogP contribution in [-0.4, -0.2) is 26.3 Å². The number of nitrogen functional groups attached to an aromatic ring is 1. The van der Waals surface area contributed by atoms with Gasteiger partial charge < -0.3 is 15.2 Å². The fraction of sp³-hybridized carbons (Fsp3) is 0.400. The third-order valence-electron chi connectivity index (χ3n) is 1.88. The van der Waals surface area contributed by atoms with Crippen LogP contribution in [0.1, 0.15) is 0 Å². The van der Waals surface area contributed by atoms with Crippen molar-refractivity contribution < 1.29 is 13.9 Å². The first-order valence-corrected chi connectivity index (χ1v) is 5.39. The zero-order valence-electron chi connectivity index (χ0n) is 8.70. The molecule has 1 aromatic rings. The lowest BCUT2D eigenvalue weighted by Crippen LogP contribution is -2.15. The van der Waals surface area contributed by atoms with Crippen LogP contribution in [0.4, 0.5) is 10.1 Å². The van der Waals surface area contributed by atoms with Gasteiger partial charge in [-0.05, 0) is 18.2 Å². The van der Waals surface area contributed by atoms with Gasteiger partial charge in [-0.2, -0.15) is 0 Å². The van der Waals surface area contributed by atoms with Crippen molar-refractivity contribution >= 4 is 17.4 Å². The molecule has 0 aromatic heterocycles. The van der Waals surface area contributed by atoms with Gasteiger partial charge >= 0.3 is 0 Å². The van der Waals surface area contributed by atoms with E-state index in [0.29, 0.717) is 5.75 Å². The quantitative estimate of drug-likeness (QED) is 0.479. The van der Waals surface area contributed by atoms with Crippen LogP contribution in [0, 0.1) is 5.82 Å². The normalized spacial score (nSPS) is 10.9. The van der Waals surface area contributed by atoms with E-state index in [9.17, 15) is 4.39 Å². The Morgan fingerprint density at radius 1 is 1.40 bits per heavy atom. The summed E-state index contributed by atoms with van der Waals surface area (Å²) in [4.78, 5) is 0.806. The number of hydrogen-bond acceptors (Lipinski definition) is 4. The third kappa shape index (κ3) is 3.70. The fourth-order valence-electron chi connectivity index (χ4n) is 0.994. The molecule has 84 valence electrons. The Kier molecular flexibility index (Phi) is 4.87. The molecule has 3 nitrogen and oxygen atoms in total. The van der Waals surface area contributed by atoms with Gasteiger partial charge in [-0.15, -0.1) is 11.8 Å². The van der Waals surface area contributed by atoms with Crippen molar-refractivity contribution in [1.82, 2.24) is 0 Å². The first-order chi connectivity index (χ1) is 7.17. The minimum Gasteiger partial charge on any atom is -0.396 e. The van der Waals surface area contributed by atoms with Gasteiger partial charge in [0, 0.05) is 24.9 Å². The summed E-state index contributed by atoms with van der Waals surface area (Å²) in [6, 6.07) is 4.72. The zero-order chi connectivity index (χ0) is 11.3. The first-order valence-electron chi connectivity index (χ1n) is 4.40. The lowest BCUT2D eigenvalue weighted by atomic mass is 10.3. The molecule has 0 amide bonds. The Morgan fingerprint density at radius 2 is 2.07 bits per heavy atom. The maximum absolute atomic E-state index is 13.1. The molecule has 0 atom stereocenters. The van der Waals surface area contributed by atoms with Crippen molar-refractivity contribution in [2.45, 2.75) is 11.2 Å². The molecule has 0 spiro atoms. The second-order valence-electron chi connectivity index (χ2n) is 2.90. The summed E-state index contributed by atoms with van der Waals surface area (Å²) in [5, 5.41) is 0. The highest BCUT2D eigenvalue weighted by atomic mass is 32.2. The van der Waals surface area contributed by atoms with Crippen LogP contribution in [0.2, 0.25) is 0 Å². The number of methoxy groups -OCH3 is 2. The Balaban J connectivity index is 2.54. The van der Waals surface area contributed by atoms with Crippen LogP contribution in [0.3, 0.4) is 0 Å². The Morgan fingerprint density at radius 3 is 2.60 bits per heavy atom. The van der Waals surface area contributed by atoms with Crippen molar-refractivity contribution in [3.63, 3.8) is 0 Å². The molecule has 0 bridgehead atoms. The van der Waals surface area contributed by atoms with Crippen LogP contribution in [0.15, 0.2) is 23.1 Å². The molecule has 0 aliphatic rings. The molecular weight excluding hydrogens is 217 g/mol. The van der Waals surface area contributed by atoms with E-state index in [-0.39, 0.29) is 12.0 Å². The van der Waals surface area contributed by atoms with E-state index in [2.05, 4.69) is 0 Å². The molecule has 0 aliphatic carbocycles. The molecule has 0 heterocycles. The molecule has 0 fully saturated rings. The van der Waals surface area contributed by atoms with Crippen LogP contribution in [0.5, 0.6) is 0 Å². The van der Waals surface area contributed by atoms with Gasteiger partial charge in [0.15, 0.2) is 6.29 Å². The minimum atomic E-state index is -0.397. The Labute approximate surface area is 92.7 Å². The number of ether oxygens (including phenoxy) is 2. The summed E-state index contributed by atoms with van der Waals surface area (Å²) in [7, 11) is 3.14. The van der Waals surface area contributed by atoms with Gasteiger partial charge in [0.2, 0.25) is 0 Å². The van der Waals surface area contributed by atoms with Crippen LogP contribution < -0.4 is 5.73 Å². The molecule has 0 radical (unpaired) electrons.